The number of methoxy groups -OCH3 is 1. The smallest absolute Gasteiger partial charge is 0.408 e. The predicted octanol–water partition coefficient (Wildman–Crippen LogP) is 4.86. The second-order valence-electron chi connectivity index (χ2n) is 16.2. The Balaban J connectivity index is 1.32. The minimum Gasteiger partial charge on any atom is -0.446 e. The van der Waals surface area contributed by atoms with E-state index in [0.717, 1.165) is 47.9 Å². The van der Waals surface area contributed by atoms with Crippen molar-refractivity contribution in [3.63, 3.8) is 0 Å². The SMILES string of the molecule is C=C[C@@H]1C[C@]1(NC(=O)[C@@H]1C[C@@](OC)(c2ccc(-c3ccccc3C)cc2)CN1C(=O)[C@@H](NC(=O)OC1CCCC1)C(C)(C)C)C(=O)NS(=O)(=O)C1CC1. The van der Waals surface area contributed by atoms with E-state index in [9.17, 15) is 27.6 Å². The molecule has 4 fully saturated rings. The van der Waals surface area contributed by atoms with E-state index in [4.69, 9.17) is 9.47 Å². The zero-order valence-corrected chi connectivity index (χ0v) is 32.1. The molecule has 3 N–H and O–H groups in total. The van der Waals surface area contributed by atoms with Gasteiger partial charge >= 0.3 is 6.09 Å². The average Bonchev–Trinajstić information content (AvgIpc) is 4.00. The van der Waals surface area contributed by atoms with E-state index in [1.165, 1.54) is 18.1 Å². The monoisotopic (exact) mass is 748 g/mol. The molecule has 1 heterocycles. The van der Waals surface area contributed by atoms with Gasteiger partial charge in [-0.1, -0.05) is 75.4 Å². The summed E-state index contributed by atoms with van der Waals surface area (Å²) in [4.78, 5) is 57.4. The molecule has 0 unspecified atom stereocenters. The molecule has 6 rings (SSSR count). The molecule has 4 amide bonds. The lowest BCUT2D eigenvalue weighted by atomic mass is 9.85. The lowest BCUT2D eigenvalue weighted by Gasteiger charge is -2.36. The predicted molar refractivity (Wildman–Crippen MR) is 200 cm³/mol. The van der Waals surface area contributed by atoms with E-state index >= 15 is 0 Å². The number of hydrogen-bond donors (Lipinski definition) is 3. The van der Waals surface area contributed by atoms with Gasteiger partial charge in [-0.25, -0.2) is 13.2 Å². The number of rotatable bonds is 12. The number of alkyl carbamates (subject to hydrolysis) is 1. The molecule has 286 valence electrons. The molecule has 12 nitrogen and oxygen atoms in total. The van der Waals surface area contributed by atoms with Crippen molar-refractivity contribution >= 4 is 33.8 Å². The second kappa shape index (κ2) is 14.5. The Labute approximate surface area is 312 Å². The van der Waals surface area contributed by atoms with Crippen LogP contribution in [0.1, 0.15) is 83.3 Å². The number of benzene rings is 2. The fourth-order valence-electron chi connectivity index (χ4n) is 7.81. The maximum Gasteiger partial charge on any atom is 0.408 e. The van der Waals surface area contributed by atoms with Gasteiger partial charge in [0.15, 0.2) is 0 Å². The van der Waals surface area contributed by atoms with Gasteiger partial charge < -0.3 is 25.0 Å². The zero-order valence-electron chi connectivity index (χ0n) is 31.3. The average molecular weight is 749 g/mol. The largest absolute Gasteiger partial charge is 0.446 e. The molecule has 53 heavy (non-hydrogen) atoms. The second-order valence-corrected chi connectivity index (χ2v) is 18.2. The Morgan fingerprint density at radius 3 is 2.21 bits per heavy atom. The molecule has 2 aromatic carbocycles. The first-order valence-corrected chi connectivity index (χ1v) is 20.1. The Morgan fingerprint density at radius 2 is 1.64 bits per heavy atom. The number of amides is 4. The minimum atomic E-state index is -3.89. The molecular weight excluding hydrogens is 697 g/mol. The first-order chi connectivity index (χ1) is 25.0. The summed E-state index contributed by atoms with van der Waals surface area (Å²) in [6.45, 7) is 11.3. The summed E-state index contributed by atoms with van der Waals surface area (Å²) < 4.78 is 39.6. The Bertz CT molecular complexity index is 1860. The van der Waals surface area contributed by atoms with E-state index in [-0.39, 0.29) is 25.5 Å². The molecule has 0 radical (unpaired) electrons. The van der Waals surface area contributed by atoms with Gasteiger partial charge in [-0.05, 0) is 79.5 Å². The molecular formula is C40H52N4O8S. The van der Waals surface area contributed by atoms with E-state index in [1.54, 1.807) is 0 Å². The quantitative estimate of drug-likeness (QED) is 0.260. The van der Waals surface area contributed by atoms with Gasteiger partial charge in [0.2, 0.25) is 21.8 Å². The van der Waals surface area contributed by atoms with Crippen LogP contribution < -0.4 is 15.4 Å². The highest BCUT2D eigenvalue weighted by Gasteiger charge is 2.62. The van der Waals surface area contributed by atoms with E-state index < -0.39 is 73.6 Å². The molecule has 2 aromatic rings. The maximum absolute atomic E-state index is 14.7. The lowest BCUT2D eigenvalue weighted by Crippen LogP contribution is -2.60. The van der Waals surface area contributed by atoms with Crippen LogP contribution in [0, 0.1) is 18.3 Å². The van der Waals surface area contributed by atoms with Gasteiger partial charge in [0.05, 0.1) is 11.8 Å². The number of sulfonamides is 1. The third-order valence-corrected chi connectivity index (χ3v) is 13.2. The van der Waals surface area contributed by atoms with Crippen molar-refractivity contribution in [3.8, 4) is 11.1 Å². The number of carbonyl (C=O) groups excluding carboxylic acids is 4. The molecule has 0 spiro atoms. The molecule has 0 aromatic heterocycles. The van der Waals surface area contributed by atoms with Crippen molar-refractivity contribution in [3.05, 3.63) is 72.3 Å². The van der Waals surface area contributed by atoms with Crippen LogP contribution in [-0.4, -0.2) is 79.8 Å². The first-order valence-electron chi connectivity index (χ1n) is 18.5. The minimum absolute atomic E-state index is 0.0315. The Hall–Kier alpha value is -4.23. The van der Waals surface area contributed by atoms with E-state index in [1.807, 2.05) is 76.2 Å². The number of ether oxygens (including phenoxy) is 2. The highest BCUT2D eigenvalue weighted by Crippen LogP contribution is 2.47. The number of nitrogens with one attached hydrogen (secondary N) is 3. The first kappa shape index (κ1) is 38.5. The van der Waals surface area contributed by atoms with Crippen LogP contribution >= 0.6 is 0 Å². The van der Waals surface area contributed by atoms with Crippen LogP contribution in [0.2, 0.25) is 0 Å². The number of likely N-dealkylation sites (tertiary alicyclic amines) is 1. The summed E-state index contributed by atoms with van der Waals surface area (Å²) in [6.07, 6.45) is 5.18. The molecule has 0 bridgehead atoms. The van der Waals surface area contributed by atoms with Crippen LogP contribution in [-0.2, 0) is 39.5 Å². The van der Waals surface area contributed by atoms with E-state index in [0.29, 0.717) is 12.8 Å². The fraction of sp³-hybridized carbons (Fsp3) is 0.550. The molecule has 3 aliphatic carbocycles. The molecule has 4 aliphatic rings. The zero-order chi connectivity index (χ0) is 38.3. The van der Waals surface area contributed by atoms with Crippen molar-refractivity contribution in [2.75, 3.05) is 13.7 Å². The number of nitrogens with zero attached hydrogens (tertiary/aromatic N) is 1. The summed E-state index contributed by atoms with van der Waals surface area (Å²) in [6, 6.07) is 13.6. The lowest BCUT2D eigenvalue weighted by molar-refractivity contribution is -0.143. The van der Waals surface area contributed by atoms with Crippen molar-refractivity contribution in [1.29, 1.82) is 0 Å². The van der Waals surface area contributed by atoms with Gasteiger partial charge in [-0.15, -0.1) is 6.58 Å². The molecule has 13 heteroatoms. The molecule has 3 saturated carbocycles. The van der Waals surface area contributed by atoms with Crippen molar-refractivity contribution < 1.29 is 37.1 Å². The van der Waals surface area contributed by atoms with Gasteiger partial charge in [0, 0.05) is 19.4 Å². The Morgan fingerprint density at radius 1 is 0.981 bits per heavy atom. The van der Waals surface area contributed by atoms with Crippen LogP contribution in [0.5, 0.6) is 0 Å². The maximum atomic E-state index is 14.7. The summed E-state index contributed by atoms with van der Waals surface area (Å²) in [5.74, 6) is -2.49. The number of hydrogen-bond acceptors (Lipinski definition) is 8. The molecule has 5 atom stereocenters. The fourth-order valence-corrected chi connectivity index (χ4v) is 9.17. The van der Waals surface area contributed by atoms with Crippen LogP contribution in [0.25, 0.3) is 11.1 Å². The van der Waals surface area contributed by atoms with Gasteiger partial charge in [0.25, 0.3) is 5.91 Å². The number of aryl methyl sites for hydroxylation is 1. The summed E-state index contributed by atoms with van der Waals surface area (Å²) in [5, 5.41) is 5.02. The van der Waals surface area contributed by atoms with Crippen molar-refractivity contribution in [1.82, 2.24) is 20.3 Å². The summed E-state index contributed by atoms with van der Waals surface area (Å²) >= 11 is 0. The third kappa shape index (κ3) is 7.87. The van der Waals surface area contributed by atoms with Crippen molar-refractivity contribution in [2.45, 2.75) is 114 Å². The summed E-state index contributed by atoms with van der Waals surface area (Å²) in [5.41, 5.74) is 0.450. The standard InChI is InChI=1S/C40H52N4O8S/c1-7-27-22-40(27,36(47)43-53(49,50)30-20-21-30)42-34(45)32-23-39(51-6,28-18-16-26(17-19-28)31-15-11-8-12-25(31)2)24-44(32)35(46)33(38(3,4)5)41-37(48)52-29-13-9-10-14-29/h7-8,11-12,15-19,27,29-30,32-33H,1,9-10,13-14,20-24H2,2-6H3,(H,41,48)(H,42,45)(H,43,47)/t27-,32+,33-,39+,40-/m1/s1. The van der Waals surface area contributed by atoms with E-state index in [2.05, 4.69) is 21.9 Å². The third-order valence-electron chi connectivity index (χ3n) is 11.4. The van der Waals surface area contributed by atoms with Crippen molar-refractivity contribution in [2.24, 2.45) is 11.3 Å². The normalized spacial score (nSPS) is 26.4. The highest BCUT2D eigenvalue weighted by atomic mass is 32.2. The van der Waals surface area contributed by atoms with Crippen LogP contribution in [0.15, 0.2) is 61.2 Å². The molecule has 1 saturated heterocycles. The van der Waals surface area contributed by atoms with Crippen LogP contribution in [0.4, 0.5) is 4.79 Å². The number of carbonyl (C=O) groups is 4. The van der Waals surface area contributed by atoms with Gasteiger partial charge in [0.1, 0.15) is 29.3 Å². The van der Waals surface area contributed by atoms with Gasteiger partial charge in [-0.2, -0.15) is 0 Å². The van der Waals surface area contributed by atoms with Gasteiger partial charge in [-0.3, -0.25) is 19.1 Å². The topological polar surface area (TPSA) is 160 Å². The Kier molecular flexibility index (Phi) is 10.6. The summed E-state index contributed by atoms with van der Waals surface area (Å²) in [7, 11) is -2.36. The molecule has 1 aliphatic heterocycles. The van der Waals surface area contributed by atoms with Crippen LogP contribution in [0.3, 0.4) is 0 Å². The highest BCUT2D eigenvalue weighted by molar-refractivity contribution is 7.91.